The Morgan fingerprint density at radius 1 is 1.25 bits per heavy atom. The SMILES string of the molecule is N#Cc1cc(-c2ccccc2OC(F)(F)F)ncc1N. The van der Waals surface area contributed by atoms with Crippen molar-refractivity contribution in [2.24, 2.45) is 0 Å². The molecule has 1 aromatic heterocycles. The predicted octanol–water partition coefficient (Wildman–Crippen LogP) is 3.10. The first kappa shape index (κ1) is 13.7. The van der Waals surface area contributed by atoms with E-state index < -0.39 is 6.36 Å². The molecule has 20 heavy (non-hydrogen) atoms. The van der Waals surface area contributed by atoms with Crippen molar-refractivity contribution in [1.29, 1.82) is 5.26 Å². The lowest BCUT2D eigenvalue weighted by atomic mass is 10.1. The van der Waals surface area contributed by atoms with Crippen molar-refractivity contribution in [2.75, 3.05) is 5.73 Å². The summed E-state index contributed by atoms with van der Waals surface area (Å²) in [4.78, 5) is 3.92. The molecule has 4 nitrogen and oxygen atoms in total. The van der Waals surface area contributed by atoms with Gasteiger partial charge in [-0.1, -0.05) is 12.1 Å². The molecule has 0 saturated carbocycles. The summed E-state index contributed by atoms with van der Waals surface area (Å²) in [5.41, 5.74) is 6.12. The number of nitrogens with two attached hydrogens (primary N) is 1. The lowest BCUT2D eigenvalue weighted by molar-refractivity contribution is -0.274. The molecule has 0 aliphatic heterocycles. The number of hydrogen-bond donors (Lipinski definition) is 1. The number of benzene rings is 1. The molecule has 1 aromatic carbocycles. The Hall–Kier alpha value is -2.75. The summed E-state index contributed by atoms with van der Waals surface area (Å²) in [6.45, 7) is 0. The van der Waals surface area contributed by atoms with E-state index in [4.69, 9.17) is 11.0 Å². The van der Waals surface area contributed by atoms with E-state index in [1.54, 1.807) is 6.07 Å². The van der Waals surface area contributed by atoms with E-state index in [-0.39, 0.29) is 28.3 Å². The summed E-state index contributed by atoms with van der Waals surface area (Å²) in [5, 5.41) is 8.88. The van der Waals surface area contributed by atoms with E-state index >= 15 is 0 Å². The van der Waals surface area contributed by atoms with Gasteiger partial charge >= 0.3 is 6.36 Å². The van der Waals surface area contributed by atoms with Crippen LogP contribution in [0.3, 0.4) is 0 Å². The molecule has 2 aromatic rings. The molecule has 0 aliphatic carbocycles. The Bertz CT molecular complexity index is 677. The zero-order chi connectivity index (χ0) is 14.8. The molecule has 0 bridgehead atoms. The average Bonchev–Trinajstić information content (AvgIpc) is 2.38. The number of alkyl halides is 3. The molecule has 7 heteroatoms. The fourth-order valence-corrected chi connectivity index (χ4v) is 1.60. The van der Waals surface area contributed by atoms with E-state index in [1.807, 2.05) is 6.07 Å². The third-order valence-electron chi connectivity index (χ3n) is 2.44. The highest BCUT2D eigenvalue weighted by Crippen LogP contribution is 2.33. The number of nitrogens with zero attached hydrogens (tertiary/aromatic N) is 2. The highest BCUT2D eigenvalue weighted by Gasteiger charge is 2.32. The number of nitriles is 1. The topological polar surface area (TPSA) is 71.9 Å². The first-order valence-electron chi connectivity index (χ1n) is 5.41. The summed E-state index contributed by atoms with van der Waals surface area (Å²) in [6, 6.07) is 8.70. The van der Waals surface area contributed by atoms with Crippen LogP contribution in [-0.4, -0.2) is 11.3 Å². The molecule has 0 saturated heterocycles. The van der Waals surface area contributed by atoms with Crippen LogP contribution in [0.2, 0.25) is 0 Å². The first-order chi connectivity index (χ1) is 9.40. The monoisotopic (exact) mass is 279 g/mol. The Kier molecular flexibility index (Phi) is 3.48. The number of rotatable bonds is 2. The van der Waals surface area contributed by atoms with Crippen LogP contribution in [0.25, 0.3) is 11.3 Å². The second-order valence-electron chi connectivity index (χ2n) is 3.81. The number of pyridine rings is 1. The van der Waals surface area contributed by atoms with Gasteiger partial charge in [0.15, 0.2) is 0 Å². The number of halogens is 3. The molecule has 0 fully saturated rings. The van der Waals surface area contributed by atoms with Crippen LogP contribution in [0.5, 0.6) is 5.75 Å². The van der Waals surface area contributed by atoms with Crippen molar-refractivity contribution in [1.82, 2.24) is 4.98 Å². The third-order valence-corrected chi connectivity index (χ3v) is 2.44. The normalized spacial score (nSPS) is 10.9. The van der Waals surface area contributed by atoms with Crippen molar-refractivity contribution < 1.29 is 17.9 Å². The molecule has 0 spiro atoms. The summed E-state index contributed by atoms with van der Waals surface area (Å²) in [5.74, 6) is -0.388. The van der Waals surface area contributed by atoms with E-state index in [2.05, 4.69) is 9.72 Å². The molecule has 0 atom stereocenters. The van der Waals surface area contributed by atoms with Crippen LogP contribution >= 0.6 is 0 Å². The number of anilines is 1. The fraction of sp³-hybridized carbons (Fsp3) is 0.0769. The molecular weight excluding hydrogens is 271 g/mol. The maximum absolute atomic E-state index is 12.3. The predicted molar refractivity (Wildman–Crippen MR) is 65.5 cm³/mol. The van der Waals surface area contributed by atoms with Gasteiger partial charge in [-0.2, -0.15) is 5.26 Å². The molecule has 0 amide bonds. The van der Waals surface area contributed by atoms with E-state index in [9.17, 15) is 13.2 Å². The summed E-state index contributed by atoms with van der Waals surface area (Å²) in [6.07, 6.45) is -3.58. The minimum atomic E-state index is -4.80. The quantitative estimate of drug-likeness (QED) is 0.916. The minimum Gasteiger partial charge on any atom is -0.405 e. The number of nitrogen functional groups attached to an aromatic ring is 1. The van der Waals surface area contributed by atoms with E-state index in [1.165, 1.54) is 30.5 Å². The second-order valence-corrected chi connectivity index (χ2v) is 3.81. The molecule has 0 unspecified atom stereocenters. The maximum Gasteiger partial charge on any atom is 0.573 e. The summed E-state index contributed by atoms with van der Waals surface area (Å²) >= 11 is 0. The fourth-order valence-electron chi connectivity index (χ4n) is 1.60. The Labute approximate surface area is 112 Å². The molecule has 1 heterocycles. The Morgan fingerprint density at radius 2 is 1.95 bits per heavy atom. The van der Waals surface area contributed by atoms with Gasteiger partial charge in [0.25, 0.3) is 0 Å². The first-order valence-corrected chi connectivity index (χ1v) is 5.41. The molecular formula is C13H8F3N3O. The van der Waals surface area contributed by atoms with Crippen molar-refractivity contribution in [2.45, 2.75) is 6.36 Å². The van der Waals surface area contributed by atoms with Crippen LogP contribution in [-0.2, 0) is 0 Å². The van der Waals surface area contributed by atoms with Crippen molar-refractivity contribution in [3.05, 3.63) is 42.1 Å². The van der Waals surface area contributed by atoms with Crippen LogP contribution in [0.1, 0.15) is 5.56 Å². The summed E-state index contributed by atoms with van der Waals surface area (Å²) in [7, 11) is 0. The van der Waals surface area contributed by atoms with Gasteiger partial charge in [0.05, 0.1) is 23.1 Å². The third kappa shape index (κ3) is 2.98. The molecule has 2 N–H and O–H groups in total. The molecule has 0 aliphatic rings. The number of ether oxygens (including phenoxy) is 1. The maximum atomic E-state index is 12.3. The van der Waals surface area contributed by atoms with Crippen LogP contribution in [0.4, 0.5) is 18.9 Å². The lowest BCUT2D eigenvalue weighted by Gasteiger charge is -2.13. The smallest absolute Gasteiger partial charge is 0.405 e. The minimum absolute atomic E-state index is 0.126. The molecule has 0 radical (unpaired) electrons. The van der Waals surface area contributed by atoms with Crippen LogP contribution < -0.4 is 10.5 Å². The largest absolute Gasteiger partial charge is 0.573 e. The highest BCUT2D eigenvalue weighted by molar-refractivity contribution is 5.70. The van der Waals surface area contributed by atoms with Crippen molar-refractivity contribution in [3.8, 4) is 23.1 Å². The summed E-state index contributed by atoms with van der Waals surface area (Å²) < 4.78 is 40.9. The molecule has 102 valence electrons. The highest BCUT2D eigenvalue weighted by atomic mass is 19.4. The molecule has 2 rings (SSSR count). The van der Waals surface area contributed by atoms with Gasteiger partial charge in [0, 0.05) is 5.56 Å². The Balaban J connectivity index is 2.51. The van der Waals surface area contributed by atoms with E-state index in [0.717, 1.165) is 0 Å². The lowest BCUT2D eigenvalue weighted by Crippen LogP contribution is -2.17. The Morgan fingerprint density at radius 3 is 2.60 bits per heavy atom. The second kappa shape index (κ2) is 5.09. The standard InChI is InChI=1S/C13H8F3N3O/c14-13(15,16)20-12-4-2-1-3-9(12)11-5-8(6-17)10(18)7-19-11/h1-5,7H,18H2. The van der Waals surface area contributed by atoms with Crippen molar-refractivity contribution in [3.63, 3.8) is 0 Å². The zero-order valence-electron chi connectivity index (χ0n) is 9.98. The van der Waals surface area contributed by atoms with Gasteiger partial charge < -0.3 is 10.5 Å². The van der Waals surface area contributed by atoms with Crippen LogP contribution in [0.15, 0.2) is 36.5 Å². The van der Waals surface area contributed by atoms with Gasteiger partial charge in [-0.25, -0.2) is 0 Å². The van der Waals surface area contributed by atoms with E-state index in [0.29, 0.717) is 0 Å². The number of hydrogen-bond acceptors (Lipinski definition) is 4. The zero-order valence-corrected chi connectivity index (χ0v) is 9.98. The average molecular weight is 279 g/mol. The van der Waals surface area contributed by atoms with Gasteiger partial charge in [-0.3, -0.25) is 4.98 Å². The van der Waals surface area contributed by atoms with Crippen LogP contribution in [0, 0.1) is 11.3 Å². The van der Waals surface area contributed by atoms with Gasteiger partial charge in [0.1, 0.15) is 11.8 Å². The van der Waals surface area contributed by atoms with Gasteiger partial charge in [-0.15, -0.1) is 13.2 Å². The number of para-hydroxylation sites is 1. The number of aromatic nitrogens is 1. The van der Waals surface area contributed by atoms with Gasteiger partial charge in [-0.05, 0) is 18.2 Å². The van der Waals surface area contributed by atoms with Crippen molar-refractivity contribution >= 4 is 5.69 Å². The van der Waals surface area contributed by atoms with Gasteiger partial charge in [0.2, 0.25) is 0 Å².